The first kappa shape index (κ1) is 21.5. The van der Waals surface area contributed by atoms with Crippen molar-refractivity contribution in [1.29, 1.82) is 0 Å². The van der Waals surface area contributed by atoms with Gasteiger partial charge >= 0.3 is 0 Å². The number of benzene rings is 2. The Balaban J connectivity index is 1.61. The molecule has 7 nitrogen and oxygen atoms in total. The van der Waals surface area contributed by atoms with Crippen molar-refractivity contribution in [3.05, 3.63) is 53.1 Å². The van der Waals surface area contributed by atoms with Gasteiger partial charge in [-0.15, -0.1) is 0 Å². The van der Waals surface area contributed by atoms with E-state index in [2.05, 4.69) is 17.3 Å². The molecule has 2 N–H and O–H groups in total. The normalized spacial score (nSPS) is 13.8. The van der Waals surface area contributed by atoms with Gasteiger partial charge < -0.3 is 29.5 Å². The SMILES string of the molecule is COc1cc(/C=C/C(=O)NCC(O)c2ccc3c(c2)CCN3C)cc(OC)c1OC. The van der Waals surface area contributed by atoms with E-state index in [1.165, 1.54) is 38.7 Å². The van der Waals surface area contributed by atoms with Gasteiger partial charge in [0.1, 0.15) is 0 Å². The second-order valence-corrected chi connectivity index (χ2v) is 7.11. The predicted octanol–water partition coefficient (Wildman–Crippen LogP) is 2.57. The van der Waals surface area contributed by atoms with E-state index < -0.39 is 6.10 Å². The van der Waals surface area contributed by atoms with Crippen LogP contribution in [0, 0.1) is 0 Å². The minimum Gasteiger partial charge on any atom is -0.493 e. The van der Waals surface area contributed by atoms with Crippen LogP contribution in [0.1, 0.15) is 22.8 Å². The van der Waals surface area contributed by atoms with Crippen LogP contribution in [0.5, 0.6) is 17.2 Å². The molecule has 7 heteroatoms. The molecule has 1 atom stereocenters. The summed E-state index contributed by atoms with van der Waals surface area (Å²) in [5.74, 6) is 1.21. The maximum absolute atomic E-state index is 12.2. The smallest absolute Gasteiger partial charge is 0.244 e. The zero-order valence-corrected chi connectivity index (χ0v) is 17.8. The topological polar surface area (TPSA) is 80.3 Å². The zero-order chi connectivity index (χ0) is 21.7. The summed E-state index contributed by atoms with van der Waals surface area (Å²) in [6, 6.07) is 9.45. The lowest BCUT2D eigenvalue weighted by molar-refractivity contribution is -0.116. The fourth-order valence-corrected chi connectivity index (χ4v) is 3.54. The third-order valence-corrected chi connectivity index (χ3v) is 5.20. The largest absolute Gasteiger partial charge is 0.493 e. The van der Waals surface area contributed by atoms with E-state index in [1.54, 1.807) is 18.2 Å². The van der Waals surface area contributed by atoms with Crippen molar-refractivity contribution < 1.29 is 24.1 Å². The molecule has 1 aliphatic rings. The lowest BCUT2D eigenvalue weighted by atomic mass is 10.0. The molecule has 0 spiro atoms. The first-order valence-corrected chi connectivity index (χ1v) is 9.74. The van der Waals surface area contributed by atoms with Crippen LogP contribution >= 0.6 is 0 Å². The standard InChI is InChI=1S/C23H28N2O5/c1-25-10-9-16-13-17(6-7-18(16)25)19(26)14-24-22(27)8-5-15-11-20(28-2)23(30-4)21(12-15)29-3/h5-8,11-13,19,26H,9-10,14H2,1-4H3,(H,24,27)/b8-5+. The van der Waals surface area contributed by atoms with Gasteiger partial charge in [0.25, 0.3) is 0 Å². The molecule has 0 saturated heterocycles. The number of rotatable bonds is 8. The first-order valence-electron chi connectivity index (χ1n) is 9.74. The molecule has 0 aromatic heterocycles. The van der Waals surface area contributed by atoms with Gasteiger partial charge in [0.2, 0.25) is 11.7 Å². The van der Waals surface area contributed by atoms with Crippen LogP contribution < -0.4 is 24.4 Å². The Hall–Kier alpha value is -3.19. The van der Waals surface area contributed by atoms with Gasteiger partial charge in [-0.25, -0.2) is 0 Å². The van der Waals surface area contributed by atoms with Gasteiger partial charge in [-0.2, -0.15) is 0 Å². The van der Waals surface area contributed by atoms with Crippen LogP contribution in [0.15, 0.2) is 36.4 Å². The van der Waals surface area contributed by atoms with E-state index in [4.69, 9.17) is 14.2 Å². The molecule has 1 heterocycles. The Bertz CT molecular complexity index is 916. The fraction of sp³-hybridized carbons (Fsp3) is 0.348. The number of methoxy groups -OCH3 is 3. The number of carbonyl (C=O) groups is 1. The highest BCUT2D eigenvalue weighted by Crippen LogP contribution is 2.38. The first-order chi connectivity index (χ1) is 14.5. The maximum Gasteiger partial charge on any atom is 0.244 e. The molecule has 1 aliphatic heterocycles. The highest BCUT2D eigenvalue weighted by Gasteiger charge is 2.18. The highest BCUT2D eigenvalue weighted by molar-refractivity contribution is 5.92. The lowest BCUT2D eigenvalue weighted by Crippen LogP contribution is -2.26. The Labute approximate surface area is 176 Å². The van der Waals surface area contributed by atoms with Gasteiger partial charge in [0.05, 0.1) is 27.4 Å². The molecule has 0 bridgehead atoms. The fourth-order valence-electron chi connectivity index (χ4n) is 3.54. The van der Waals surface area contributed by atoms with Crippen molar-refractivity contribution in [3.63, 3.8) is 0 Å². The summed E-state index contributed by atoms with van der Waals surface area (Å²) in [7, 11) is 6.67. The van der Waals surface area contributed by atoms with Crippen molar-refractivity contribution in [2.75, 3.05) is 46.4 Å². The number of carbonyl (C=O) groups excluding carboxylic acids is 1. The minimum atomic E-state index is -0.764. The number of aliphatic hydroxyl groups is 1. The molecule has 0 saturated carbocycles. The summed E-state index contributed by atoms with van der Waals surface area (Å²) in [6.07, 6.45) is 3.26. The van der Waals surface area contributed by atoms with Gasteiger partial charge in [0.15, 0.2) is 11.5 Å². The van der Waals surface area contributed by atoms with E-state index in [9.17, 15) is 9.90 Å². The van der Waals surface area contributed by atoms with Gasteiger partial charge in [-0.1, -0.05) is 12.1 Å². The van der Waals surface area contributed by atoms with Gasteiger partial charge in [-0.05, 0) is 47.4 Å². The van der Waals surface area contributed by atoms with Crippen LogP contribution in [0.3, 0.4) is 0 Å². The highest BCUT2D eigenvalue weighted by atomic mass is 16.5. The molecule has 0 aliphatic carbocycles. The molecular formula is C23H28N2O5. The summed E-state index contributed by atoms with van der Waals surface area (Å²) in [5, 5.41) is 13.2. The Kier molecular flexibility index (Phi) is 6.84. The molecule has 1 amide bonds. The van der Waals surface area contributed by atoms with E-state index >= 15 is 0 Å². The Morgan fingerprint density at radius 2 is 1.87 bits per heavy atom. The lowest BCUT2D eigenvalue weighted by Gasteiger charge is -2.15. The van der Waals surface area contributed by atoms with Crippen LogP contribution in [0.2, 0.25) is 0 Å². The maximum atomic E-state index is 12.2. The summed E-state index contributed by atoms with van der Waals surface area (Å²) in [4.78, 5) is 14.4. The molecule has 160 valence electrons. The number of nitrogens with one attached hydrogen (secondary N) is 1. The third kappa shape index (κ3) is 4.68. The Morgan fingerprint density at radius 1 is 1.17 bits per heavy atom. The summed E-state index contributed by atoms with van der Waals surface area (Å²) in [5.41, 5.74) is 3.95. The van der Waals surface area contributed by atoms with E-state index in [1.807, 2.05) is 18.2 Å². The van der Waals surface area contributed by atoms with Crippen LogP contribution in [0.25, 0.3) is 6.08 Å². The van der Waals surface area contributed by atoms with Crippen molar-refractivity contribution >= 4 is 17.7 Å². The van der Waals surface area contributed by atoms with E-state index in [0.717, 1.165) is 24.1 Å². The van der Waals surface area contributed by atoms with Crippen molar-refractivity contribution in [1.82, 2.24) is 5.32 Å². The molecule has 0 fully saturated rings. The molecule has 0 radical (unpaired) electrons. The third-order valence-electron chi connectivity index (χ3n) is 5.20. The number of amides is 1. The van der Waals surface area contributed by atoms with Crippen molar-refractivity contribution in [2.45, 2.75) is 12.5 Å². The average molecular weight is 412 g/mol. The second kappa shape index (κ2) is 9.54. The number of hydrogen-bond donors (Lipinski definition) is 2. The average Bonchev–Trinajstić information content (AvgIpc) is 3.15. The number of fused-ring (bicyclic) bond motifs is 1. The molecule has 1 unspecified atom stereocenters. The predicted molar refractivity (Wildman–Crippen MR) is 117 cm³/mol. The molecule has 2 aromatic rings. The number of likely N-dealkylation sites (N-methyl/N-ethyl adjacent to an activating group) is 1. The van der Waals surface area contributed by atoms with Gasteiger partial charge in [0, 0.05) is 31.9 Å². The summed E-state index contributed by atoms with van der Waals surface area (Å²) in [6.45, 7) is 1.12. The van der Waals surface area contributed by atoms with E-state index in [-0.39, 0.29) is 12.5 Å². The van der Waals surface area contributed by atoms with Crippen LogP contribution in [-0.2, 0) is 11.2 Å². The zero-order valence-electron chi connectivity index (χ0n) is 17.8. The van der Waals surface area contributed by atoms with Gasteiger partial charge in [-0.3, -0.25) is 4.79 Å². The van der Waals surface area contributed by atoms with Crippen molar-refractivity contribution in [3.8, 4) is 17.2 Å². The number of hydrogen-bond acceptors (Lipinski definition) is 6. The number of ether oxygens (including phenoxy) is 3. The summed E-state index contributed by atoms with van der Waals surface area (Å²) >= 11 is 0. The van der Waals surface area contributed by atoms with Crippen LogP contribution in [-0.4, -0.2) is 52.5 Å². The van der Waals surface area contributed by atoms with E-state index in [0.29, 0.717) is 17.2 Å². The summed E-state index contributed by atoms with van der Waals surface area (Å²) < 4.78 is 15.9. The monoisotopic (exact) mass is 412 g/mol. The second-order valence-electron chi connectivity index (χ2n) is 7.11. The van der Waals surface area contributed by atoms with Crippen LogP contribution in [0.4, 0.5) is 5.69 Å². The van der Waals surface area contributed by atoms with Crippen molar-refractivity contribution in [2.24, 2.45) is 0 Å². The molecule has 2 aromatic carbocycles. The molecule has 3 rings (SSSR count). The number of anilines is 1. The number of aliphatic hydroxyl groups excluding tert-OH is 1. The Morgan fingerprint density at radius 3 is 2.50 bits per heavy atom. The molecule has 30 heavy (non-hydrogen) atoms. The minimum absolute atomic E-state index is 0.132. The molecular weight excluding hydrogens is 384 g/mol. The quantitative estimate of drug-likeness (QED) is 0.649. The number of nitrogens with zero attached hydrogens (tertiary/aromatic N) is 1.